The zero-order valence-corrected chi connectivity index (χ0v) is 15.8. The van der Waals surface area contributed by atoms with Crippen LogP contribution in [0, 0.1) is 12.3 Å². The van der Waals surface area contributed by atoms with Gasteiger partial charge in [-0.3, -0.25) is 9.59 Å². The van der Waals surface area contributed by atoms with Crippen LogP contribution >= 0.6 is 0 Å². The molecule has 0 atom stereocenters. The molecule has 0 fully saturated rings. The topological polar surface area (TPSA) is 96.4 Å². The highest BCUT2D eigenvalue weighted by atomic mass is 16.5. The molecular weight excluding hydrogens is 380 g/mol. The summed E-state index contributed by atoms with van der Waals surface area (Å²) in [7, 11) is 0. The van der Waals surface area contributed by atoms with Gasteiger partial charge in [0.2, 0.25) is 0 Å². The van der Waals surface area contributed by atoms with Crippen LogP contribution in [-0.4, -0.2) is 28.9 Å². The third kappa shape index (κ3) is 3.62. The fourth-order valence-corrected chi connectivity index (χ4v) is 3.15. The van der Waals surface area contributed by atoms with Crippen LogP contribution in [-0.2, 0) is 0 Å². The number of terminal acetylenes is 1. The third-order valence-electron chi connectivity index (χ3n) is 4.51. The average molecular weight is 396 g/mol. The Balaban J connectivity index is 1.66. The van der Waals surface area contributed by atoms with Crippen LogP contribution in [0.2, 0.25) is 0 Å². The Hall–Kier alpha value is -4.44. The zero-order chi connectivity index (χ0) is 20.9. The first kappa shape index (κ1) is 18.9. The molecule has 7 heteroatoms. The minimum absolute atomic E-state index is 0.0732. The number of hydrogen-bond donors (Lipinski definition) is 2. The molecule has 0 aliphatic rings. The van der Waals surface area contributed by atoms with Crippen molar-refractivity contribution in [2.24, 2.45) is 5.10 Å². The quantitative estimate of drug-likeness (QED) is 0.308. The van der Waals surface area contributed by atoms with Gasteiger partial charge in [0.25, 0.3) is 11.5 Å². The van der Waals surface area contributed by atoms with Gasteiger partial charge in [0.1, 0.15) is 12.4 Å². The normalized spacial score (nSPS) is 10.9. The minimum Gasteiger partial charge on any atom is -0.480 e. The van der Waals surface area contributed by atoms with Crippen LogP contribution in [0.15, 0.2) is 70.6 Å². The van der Waals surface area contributed by atoms with Crippen molar-refractivity contribution in [3.05, 3.63) is 82.3 Å². The lowest BCUT2D eigenvalue weighted by Gasteiger charge is -2.10. The summed E-state index contributed by atoms with van der Waals surface area (Å²) in [4.78, 5) is 24.5. The molecule has 1 aromatic heterocycles. The standard InChI is InChI=1S/C23H16N4O3/c1-2-13-30-20-12-11-15-7-3-4-8-16(15)19(20)14-24-26-23(29)21-17-9-5-6-10-18(17)22(28)27-25-21/h1,3-12,14H,13H2,(H,26,29)(H,27,28)/b24-14-. The lowest BCUT2D eigenvalue weighted by atomic mass is 10.0. The lowest BCUT2D eigenvalue weighted by Crippen LogP contribution is -2.22. The number of nitrogens with one attached hydrogen (secondary N) is 2. The molecule has 4 aromatic rings. The first-order valence-corrected chi connectivity index (χ1v) is 9.08. The van der Waals surface area contributed by atoms with Gasteiger partial charge in [-0.15, -0.1) is 6.42 Å². The monoisotopic (exact) mass is 396 g/mol. The summed E-state index contributed by atoms with van der Waals surface area (Å²) < 4.78 is 5.62. The molecule has 0 radical (unpaired) electrons. The van der Waals surface area contributed by atoms with Gasteiger partial charge in [0.15, 0.2) is 5.69 Å². The SMILES string of the molecule is C#CCOc1ccc2ccccc2c1/C=N\NC(=O)c1n[nH]c(=O)c2ccccc12. The number of hydrogen-bond acceptors (Lipinski definition) is 5. The maximum atomic E-state index is 12.6. The number of H-pyrrole nitrogens is 1. The number of rotatable bonds is 5. The van der Waals surface area contributed by atoms with Gasteiger partial charge in [-0.2, -0.15) is 10.2 Å². The largest absolute Gasteiger partial charge is 0.480 e. The van der Waals surface area contributed by atoms with Crippen molar-refractivity contribution in [1.82, 2.24) is 15.6 Å². The molecule has 7 nitrogen and oxygen atoms in total. The van der Waals surface area contributed by atoms with E-state index in [0.717, 1.165) is 10.8 Å². The predicted molar refractivity (Wildman–Crippen MR) is 116 cm³/mol. The Labute approximate surface area is 171 Å². The van der Waals surface area contributed by atoms with E-state index in [9.17, 15) is 9.59 Å². The fraction of sp³-hybridized carbons (Fsp3) is 0.0435. The van der Waals surface area contributed by atoms with Crippen molar-refractivity contribution in [2.75, 3.05) is 6.61 Å². The van der Waals surface area contributed by atoms with Gasteiger partial charge < -0.3 is 4.74 Å². The Kier molecular flexibility index (Phi) is 5.22. The van der Waals surface area contributed by atoms with Crippen molar-refractivity contribution in [3.8, 4) is 18.1 Å². The van der Waals surface area contributed by atoms with E-state index < -0.39 is 5.91 Å². The lowest BCUT2D eigenvalue weighted by molar-refractivity contribution is 0.0951. The Morgan fingerprint density at radius 2 is 1.83 bits per heavy atom. The van der Waals surface area contributed by atoms with E-state index in [4.69, 9.17) is 11.2 Å². The highest BCUT2D eigenvalue weighted by molar-refractivity contribution is 6.06. The van der Waals surface area contributed by atoms with E-state index in [-0.39, 0.29) is 17.9 Å². The number of ether oxygens (including phenoxy) is 1. The zero-order valence-electron chi connectivity index (χ0n) is 15.8. The molecule has 0 bridgehead atoms. The number of aromatic nitrogens is 2. The minimum atomic E-state index is -0.551. The third-order valence-corrected chi connectivity index (χ3v) is 4.51. The Morgan fingerprint density at radius 3 is 2.63 bits per heavy atom. The number of nitrogens with zero attached hydrogens (tertiary/aromatic N) is 2. The van der Waals surface area contributed by atoms with Gasteiger partial charge in [0.05, 0.1) is 11.6 Å². The van der Waals surface area contributed by atoms with Gasteiger partial charge in [-0.05, 0) is 22.9 Å². The molecule has 146 valence electrons. The average Bonchev–Trinajstić information content (AvgIpc) is 2.78. The van der Waals surface area contributed by atoms with Crippen LogP contribution in [0.1, 0.15) is 16.1 Å². The second-order valence-corrected chi connectivity index (χ2v) is 6.34. The van der Waals surface area contributed by atoms with Crippen LogP contribution in [0.25, 0.3) is 21.5 Å². The summed E-state index contributed by atoms with van der Waals surface area (Å²) in [5.74, 6) is 2.44. The first-order valence-electron chi connectivity index (χ1n) is 9.08. The van der Waals surface area contributed by atoms with Crippen molar-refractivity contribution in [3.63, 3.8) is 0 Å². The van der Waals surface area contributed by atoms with E-state index in [1.54, 1.807) is 30.3 Å². The summed E-state index contributed by atoms with van der Waals surface area (Å²) in [6.07, 6.45) is 6.80. The number of aromatic amines is 1. The second kappa shape index (κ2) is 8.29. The molecule has 0 unspecified atom stereocenters. The molecule has 0 saturated heterocycles. The molecule has 0 aliphatic carbocycles. The molecule has 0 aliphatic heterocycles. The molecule has 4 rings (SSSR count). The van der Waals surface area contributed by atoms with E-state index in [0.29, 0.717) is 22.1 Å². The van der Waals surface area contributed by atoms with Crippen molar-refractivity contribution < 1.29 is 9.53 Å². The number of fused-ring (bicyclic) bond motifs is 2. The fourth-order valence-electron chi connectivity index (χ4n) is 3.15. The summed E-state index contributed by atoms with van der Waals surface area (Å²) in [6, 6.07) is 18.2. The molecule has 0 spiro atoms. The van der Waals surface area contributed by atoms with Gasteiger partial charge in [0, 0.05) is 10.9 Å². The molecule has 1 heterocycles. The molecule has 1 amide bonds. The first-order chi connectivity index (χ1) is 14.7. The molecule has 30 heavy (non-hydrogen) atoms. The van der Waals surface area contributed by atoms with Gasteiger partial charge >= 0.3 is 0 Å². The number of amides is 1. The number of carbonyl (C=O) groups excluding carboxylic acids is 1. The van der Waals surface area contributed by atoms with Gasteiger partial charge in [-0.1, -0.05) is 54.5 Å². The molecule has 0 saturated carbocycles. The Bertz CT molecular complexity index is 1380. The van der Waals surface area contributed by atoms with Crippen molar-refractivity contribution in [1.29, 1.82) is 0 Å². The van der Waals surface area contributed by atoms with E-state index in [2.05, 4.69) is 26.6 Å². The van der Waals surface area contributed by atoms with E-state index in [1.807, 2.05) is 30.3 Å². The van der Waals surface area contributed by atoms with Crippen LogP contribution in [0.3, 0.4) is 0 Å². The second-order valence-electron chi connectivity index (χ2n) is 6.34. The number of carbonyl (C=O) groups is 1. The summed E-state index contributed by atoms with van der Waals surface area (Å²) in [5.41, 5.74) is 2.85. The highest BCUT2D eigenvalue weighted by Gasteiger charge is 2.13. The highest BCUT2D eigenvalue weighted by Crippen LogP contribution is 2.26. The summed E-state index contributed by atoms with van der Waals surface area (Å²) in [5, 5.41) is 13.0. The number of benzene rings is 3. The summed E-state index contributed by atoms with van der Waals surface area (Å²) >= 11 is 0. The predicted octanol–water partition coefficient (Wildman–Crippen LogP) is 2.85. The van der Waals surface area contributed by atoms with E-state index >= 15 is 0 Å². The van der Waals surface area contributed by atoms with Crippen molar-refractivity contribution in [2.45, 2.75) is 0 Å². The van der Waals surface area contributed by atoms with Crippen LogP contribution in [0.4, 0.5) is 0 Å². The van der Waals surface area contributed by atoms with Gasteiger partial charge in [-0.25, -0.2) is 10.5 Å². The van der Waals surface area contributed by atoms with Crippen LogP contribution < -0.4 is 15.7 Å². The maximum absolute atomic E-state index is 12.6. The summed E-state index contributed by atoms with van der Waals surface area (Å²) in [6.45, 7) is 0.110. The number of hydrazone groups is 1. The van der Waals surface area contributed by atoms with E-state index in [1.165, 1.54) is 6.21 Å². The van der Waals surface area contributed by atoms with Crippen molar-refractivity contribution >= 4 is 33.7 Å². The molecular formula is C23H16N4O3. The van der Waals surface area contributed by atoms with Crippen LogP contribution in [0.5, 0.6) is 5.75 Å². The Morgan fingerprint density at radius 1 is 1.10 bits per heavy atom. The molecule has 3 aromatic carbocycles. The maximum Gasteiger partial charge on any atom is 0.292 e. The molecule has 2 N–H and O–H groups in total. The smallest absolute Gasteiger partial charge is 0.292 e.